The first-order valence-electron chi connectivity index (χ1n) is 13.6. The Morgan fingerprint density at radius 1 is 0.415 bits per heavy atom. The fourth-order valence-electron chi connectivity index (χ4n) is 5.40. The largest absolute Gasteiger partial charge is 0.276 e. The molecule has 192 valence electrons. The first-order valence-corrected chi connectivity index (χ1v) is 13.6. The van der Waals surface area contributed by atoms with E-state index in [-0.39, 0.29) is 0 Å². The molecule has 8 rings (SSSR count). The van der Waals surface area contributed by atoms with E-state index in [2.05, 4.69) is 59.0 Å². The number of imidazole rings is 1. The molecular formula is C36H23N5. The number of nitrogens with zero attached hydrogens (tertiary/aromatic N) is 5. The molecule has 5 heteroatoms. The summed E-state index contributed by atoms with van der Waals surface area (Å²) in [5, 5.41) is 1.03. The summed E-state index contributed by atoms with van der Waals surface area (Å²) in [5.74, 6) is 1.56. The number of hydrogen-bond acceptors (Lipinski definition) is 4. The van der Waals surface area contributed by atoms with Crippen LogP contribution in [-0.4, -0.2) is 24.3 Å². The minimum Gasteiger partial charge on any atom is -0.276 e. The lowest BCUT2D eigenvalue weighted by Gasteiger charge is -2.11. The molecule has 0 aliphatic carbocycles. The van der Waals surface area contributed by atoms with Crippen LogP contribution in [0.25, 0.3) is 72.9 Å². The fraction of sp³-hybridized carbons (Fsp3) is 0. The van der Waals surface area contributed by atoms with Crippen LogP contribution in [0.5, 0.6) is 0 Å². The predicted octanol–water partition coefficient (Wildman–Crippen LogP) is 8.49. The van der Waals surface area contributed by atoms with E-state index in [4.69, 9.17) is 19.9 Å². The van der Waals surface area contributed by atoms with E-state index in [9.17, 15) is 0 Å². The number of hydrogen-bond donors (Lipinski definition) is 0. The molecular weight excluding hydrogens is 502 g/mol. The summed E-state index contributed by atoms with van der Waals surface area (Å²) >= 11 is 0. The molecule has 3 aromatic heterocycles. The Morgan fingerprint density at radius 3 is 1.71 bits per heavy atom. The van der Waals surface area contributed by atoms with Crippen molar-refractivity contribution in [1.82, 2.24) is 24.3 Å². The summed E-state index contributed by atoms with van der Waals surface area (Å²) in [4.78, 5) is 20.0. The van der Waals surface area contributed by atoms with E-state index < -0.39 is 0 Å². The zero-order valence-electron chi connectivity index (χ0n) is 22.0. The summed E-state index contributed by atoms with van der Waals surface area (Å²) in [7, 11) is 0. The minimum absolute atomic E-state index is 0.703. The van der Waals surface area contributed by atoms with Crippen molar-refractivity contribution >= 4 is 27.6 Å². The average Bonchev–Trinajstić information content (AvgIpc) is 3.45. The van der Waals surface area contributed by atoms with Crippen LogP contribution in [0.1, 0.15) is 0 Å². The highest BCUT2D eigenvalue weighted by Gasteiger charge is 2.16. The normalized spacial score (nSPS) is 11.4. The Bertz CT molecular complexity index is 2130. The van der Waals surface area contributed by atoms with Crippen molar-refractivity contribution in [3.8, 4) is 45.3 Å². The lowest BCUT2D eigenvalue weighted by Crippen LogP contribution is -1.98. The molecule has 0 saturated heterocycles. The van der Waals surface area contributed by atoms with E-state index in [1.807, 2.05) is 84.9 Å². The molecule has 5 aromatic carbocycles. The van der Waals surface area contributed by atoms with E-state index >= 15 is 0 Å². The van der Waals surface area contributed by atoms with Crippen molar-refractivity contribution in [3.63, 3.8) is 0 Å². The first-order chi connectivity index (χ1) is 20.3. The molecule has 41 heavy (non-hydrogen) atoms. The number of fused-ring (bicyclic) bond motifs is 5. The fourth-order valence-corrected chi connectivity index (χ4v) is 5.40. The molecule has 0 unspecified atom stereocenters. The zero-order valence-corrected chi connectivity index (χ0v) is 22.0. The lowest BCUT2D eigenvalue weighted by molar-refractivity contribution is 1.16. The Kier molecular flexibility index (Phi) is 5.38. The third kappa shape index (κ3) is 4.03. The Hall–Kier alpha value is -5.68. The van der Waals surface area contributed by atoms with E-state index in [0.29, 0.717) is 5.82 Å². The summed E-state index contributed by atoms with van der Waals surface area (Å²) in [6, 6.07) is 47.3. The molecule has 3 heterocycles. The molecule has 0 N–H and O–H groups in total. The smallest absolute Gasteiger partial charge is 0.160 e. The number of benzene rings is 5. The topological polar surface area (TPSA) is 56.0 Å². The van der Waals surface area contributed by atoms with Crippen molar-refractivity contribution in [2.24, 2.45) is 0 Å². The van der Waals surface area contributed by atoms with Gasteiger partial charge in [0, 0.05) is 27.6 Å². The van der Waals surface area contributed by atoms with Gasteiger partial charge in [-0.15, -0.1) is 0 Å². The van der Waals surface area contributed by atoms with Crippen LogP contribution in [0, 0.1) is 0 Å². The quantitative estimate of drug-likeness (QED) is 0.231. The molecule has 0 fully saturated rings. The van der Waals surface area contributed by atoms with Gasteiger partial charge in [0.1, 0.15) is 11.5 Å². The molecule has 0 aliphatic heterocycles. The molecule has 5 nitrogen and oxygen atoms in total. The van der Waals surface area contributed by atoms with Crippen molar-refractivity contribution in [2.45, 2.75) is 0 Å². The second kappa shape index (κ2) is 9.50. The van der Waals surface area contributed by atoms with Crippen LogP contribution in [-0.2, 0) is 0 Å². The molecule has 0 atom stereocenters. The van der Waals surface area contributed by atoms with Crippen LogP contribution in [0.2, 0.25) is 0 Å². The zero-order chi connectivity index (χ0) is 27.2. The third-order valence-electron chi connectivity index (χ3n) is 7.41. The maximum absolute atomic E-state index is 5.10. The highest BCUT2D eigenvalue weighted by molar-refractivity contribution is 5.98. The van der Waals surface area contributed by atoms with Gasteiger partial charge in [-0.1, -0.05) is 109 Å². The number of aromatic nitrogens is 5. The van der Waals surface area contributed by atoms with Gasteiger partial charge in [-0.05, 0) is 30.3 Å². The number of para-hydroxylation sites is 3. The molecule has 0 aliphatic rings. The highest BCUT2D eigenvalue weighted by Crippen LogP contribution is 2.32. The molecule has 0 saturated carbocycles. The second-order valence-electron chi connectivity index (χ2n) is 9.98. The van der Waals surface area contributed by atoms with Crippen molar-refractivity contribution in [2.75, 3.05) is 0 Å². The van der Waals surface area contributed by atoms with Crippen LogP contribution in [0.15, 0.2) is 140 Å². The molecule has 0 bridgehead atoms. The van der Waals surface area contributed by atoms with Gasteiger partial charge in [-0.2, -0.15) is 0 Å². The maximum atomic E-state index is 5.10. The van der Waals surface area contributed by atoms with Crippen LogP contribution < -0.4 is 0 Å². The van der Waals surface area contributed by atoms with Crippen LogP contribution in [0.3, 0.4) is 0 Å². The predicted molar refractivity (Wildman–Crippen MR) is 165 cm³/mol. The molecule has 0 radical (unpaired) electrons. The van der Waals surface area contributed by atoms with Crippen LogP contribution in [0.4, 0.5) is 0 Å². The van der Waals surface area contributed by atoms with Gasteiger partial charge in [0.15, 0.2) is 5.82 Å². The van der Waals surface area contributed by atoms with E-state index in [0.717, 1.165) is 67.0 Å². The van der Waals surface area contributed by atoms with Gasteiger partial charge in [0.05, 0.1) is 27.9 Å². The Balaban J connectivity index is 1.29. The molecule has 0 amide bonds. The standard InChI is InChI=1S/C36H23N5/c1-3-11-24(12-4-1)31-23-32(38-34(37-31)26-13-5-2-6-14-26)25-19-21-27(22-20-25)35-39-29-16-8-7-15-28(29)36-40-30-17-9-10-18-33(30)41(35)36/h1-23H. The highest BCUT2D eigenvalue weighted by atomic mass is 15.1. The third-order valence-corrected chi connectivity index (χ3v) is 7.41. The van der Waals surface area contributed by atoms with Gasteiger partial charge < -0.3 is 0 Å². The summed E-state index contributed by atoms with van der Waals surface area (Å²) in [6.07, 6.45) is 0. The second-order valence-corrected chi connectivity index (χ2v) is 9.98. The Labute approximate surface area is 236 Å². The maximum Gasteiger partial charge on any atom is 0.160 e. The average molecular weight is 526 g/mol. The Morgan fingerprint density at radius 2 is 0.976 bits per heavy atom. The van der Waals surface area contributed by atoms with Gasteiger partial charge in [-0.3, -0.25) is 4.40 Å². The minimum atomic E-state index is 0.703. The monoisotopic (exact) mass is 525 g/mol. The van der Waals surface area contributed by atoms with Gasteiger partial charge in [-0.25, -0.2) is 19.9 Å². The summed E-state index contributed by atoms with van der Waals surface area (Å²) in [6.45, 7) is 0. The summed E-state index contributed by atoms with van der Waals surface area (Å²) in [5.41, 5.74) is 9.64. The number of rotatable bonds is 4. The van der Waals surface area contributed by atoms with E-state index in [1.54, 1.807) is 0 Å². The van der Waals surface area contributed by atoms with Gasteiger partial charge in [0.2, 0.25) is 0 Å². The summed E-state index contributed by atoms with van der Waals surface area (Å²) < 4.78 is 2.17. The van der Waals surface area contributed by atoms with Gasteiger partial charge in [0.25, 0.3) is 0 Å². The van der Waals surface area contributed by atoms with Gasteiger partial charge >= 0.3 is 0 Å². The van der Waals surface area contributed by atoms with E-state index in [1.165, 1.54) is 0 Å². The first kappa shape index (κ1) is 23.2. The van der Waals surface area contributed by atoms with Crippen LogP contribution >= 0.6 is 0 Å². The molecule has 8 aromatic rings. The van der Waals surface area contributed by atoms with Crippen molar-refractivity contribution in [3.05, 3.63) is 140 Å². The lowest BCUT2D eigenvalue weighted by atomic mass is 10.0. The van der Waals surface area contributed by atoms with Crippen molar-refractivity contribution < 1.29 is 0 Å². The molecule has 0 spiro atoms. The SMILES string of the molecule is c1ccc(-c2cc(-c3ccc(-c4nc5ccccc5c5nc6ccccc6n45)cc3)nc(-c3ccccc3)n2)cc1. The van der Waals surface area contributed by atoms with Crippen molar-refractivity contribution in [1.29, 1.82) is 0 Å².